The number of benzene rings is 1. The highest BCUT2D eigenvalue weighted by atomic mass is 32.2. The SMILES string of the molecule is Cc1cc(-c2ccccc2C=S(C)(=O)O)n[nH]1. The normalized spacial score (nSPS) is 14.3. The Kier molecular flexibility index (Phi) is 3.04. The first-order valence-corrected chi connectivity index (χ1v) is 7.12. The molecule has 1 aromatic carbocycles. The molecular formula is C12H14N2O2S. The summed E-state index contributed by atoms with van der Waals surface area (Å²) in [7, 11) is -2.91. The van der Waals surface area contributed by atoms with Crippen molar-refractivity contribution in [2.75, 3.05) is 6.26 Å². The highest BCUT2D eigenvalue weighted by molar-refractivity contribution is 7.95. The smallest absolute Gasteiger partial charge is 0.0929 e. The highest BCUT2D eigenvalue weighted by Gasteiger charge is 2.07. The van der Waals surface area contributed by atoms with Crippen molar-refractivity contribution in [1.29, 1.82) is 0 Å². The van der Waals surface area contributed by atoms with Crippen LogP contribution >= 0.6 is 0 Å². The molecule has 0 bridgehead atoms. The van der Waals surface area contributed by atoms with Crippen LogP contribution in [0.2, 0.25) is 0 Å². The molecule has 0 fully saturated rings. The van der Waals surface area contributed by atoms with Gasteiger partial charge < -0.3 is 4.55 Å². The van der Waals surface area contributed by atoms with Crippen molar-refractivity contribution in [3.63, 3.8) is 0 Å². The number of rotatable bonds is 2. The van der Waals surface area contributed by atoms with E-state index in [9.17, 15) is 8.76 Å². The van der Waals surface area contributed by atoms with Crippen molar-refractivity contribution in [3.8, 4) is 11.3 Å². The second-order valence-electron chi connectivity index (χ2n) is 4.00. The summed E-state index contributed by atoms with van der Waals surface area (Å²) < 4.78 is 20.8. The fourth-order valence-electron chi connectivity index (χ4n) is 1.62. The fourth-order valence-corrected chi connectivity index (χ4v) is 2.30. The molecule has 0 aliphatic carbocycles. The number of aromatic amines is 1. The molecule has 0 amide bonds. The van der Waals surface area contributed by atoms with E-state index >= 15 is 0 Å². The van der Waals surface area contributed by atoms with Gasteiger partial charge in [0.05, 0.1) is 15.5 Å². The first kappa shape index (κ1) is 11.9. The highest BCUT2D eigenvalue weighted by Crippen LogP contribution is 2.21. The van der Waals surface area contributed by atoms with E-state index in [-0.39, 0.29) is 0 Å². The van der Waals surface area contributed by atoms with Crippen LogP contribution in [0.25, 0.3) is 11.3 Å². The second kappa shape index (κ2) is 4.35. The molecule has 90 valence electrons. The first-order valence-electron chi connectivity index (χ1n) is 5.13. The Morgan fingerprint density at radius 2 is 2.12 bits per heavy atom. The lowest BCUT2D eigenvalue weighted by molar-refractivity contribution is 0.566. The quantitative estimate of drug-likeness (QED) is 0.800. The van der Waals surface area contributed by atoms with Crippen LogP contribution in [0.1, 0.15) is 11.3 Å². The van der Waals surface area contributed by atoms with Crippen molar-refractivity contribution < 1.29 is 8.76 Å². The fraction of sp³-hybridized carbons (Fsp3) is 0.167. The number of nitrogens with zero attached hydrogens (tertiary/aromatic N) is 1. The molecule has 0 radical (unpaired) electrons. The van der Waals surface area contributed by atoms with Crippen LogP contribution in [0.5, 0.6) is 0 Å². The Balaban J connectivity index is 2.60. The Hall–Kier alpha value is -1.59. The van der Waals surface area contributed by atoms with Crippen LogP contribution < -0.4 is 0 Å². The van der Waals surface area contributed by atoms with Crippen molar-refractivity contribution in [3.05, 3.63) is 41.6 Å². The number of hydrogen-bond donors (Lipinski definition) is 2. The van der Waals surface area contributed by atoms with Gasteiger partial charge in [0, 0.05) is 22.9 Å². The van der Waals surface area contributed by atoms with Gasteiger partial charge in [-0.3, -0.25) is 5.10 Å². The average Bonchev–Trinajstić information content (AvgIpc) is 2.63. The topological polar surface area (TPSA) is 66.0 Å². The van der Waals surface area contributed by atoms with E-state index in [2.05, 4.69) is 10.2 Å². The molecule has 1 aromatic heterocycles. The van der Waals surface area contributed by atoms with Crippen LogP contribution in [0.3, 0.4) is 0 Å². The van der Waals surface area contributed by atoms with Crippen molar-refractivity contribution in [2.45, 2.75) is 6.92 Å². The third-order valence-electron chi connectivity index (χ3n) is 2.29. The van der Waals surface area contributed by atoms with Crippen LogP contribution in [-0.4, -0.2) is 30.6 Å². The maximum absolute atomic E-state index is 11.4. The lowest BCUT2D eigenvalue weighted by Gasteiger charge is -2.03. The Morgan fingerprint density at radius 1 is 1.41 bits per heavy atom. The molecule has 0 saturated carbocycles. The van der Waals surface area contributed by atoms with Gasteiger partial charge in [0.1, 0.15) is 0 Å². The Labute approximate surface area is 101 Å². The molecule has 2 N–H and O–H groups in total. The molecular weight excluding hydrogens is 236 g/mol. The summed E-state index contributed by atoms with van der Waals surface area (Å²) in [5, 5.41) is 8.38. The predicted molar refractivity (Wildman–Crippen MR) is 70.6 cm³/mol. The lowest BCUT2D eigenvalue weighted by Crippen LogP contribution is -2.00. The zero-order valence-corrected chi connectivity index (χ0v) is 10.5. The lowest BCUT2D eigenvalue weighted by atomic mass is 10.1. The first-order chi connectivity index (χ1) is 7.96. The minimum Gasteiger partial charge on any atom is -0.314 e. The van der Waals surface area contributed by atoms with Gasteiger partial charge in [-0.05, 0) is 18.6 Å². The van der Waals surface area contributed by atoms with Crippen LogP contribution in [0, 0.1) is 6.92 Å². The van der Waals surface area contributed by atoms with Gasteiger partial charge >= 0.3 is 0 Å². The minimum atomic E-state index is -2.91. The number of H-pyrrole nitrogens is 1. The van der Waals surface area contributed by atoms with E-state index in [0.29, 0.717) is 5.56 Å². The second-order valence-corrected chi connectivity index (χ2v) is 5.96. The number of hydrogen-bond acceptors (Lipinski definition) is 2. The predicted octanol–water partition coefficient (Wildman–Crippen LogP) is 1.92. The minimum absolute atomic E-state index is 0.717. The molecule has 2 aromatic rings. The third kappa shape index (κ3) is 2.95. The summed E-state index contributed by atoms with van der Waals surface area (Å²) >= 11 is 0. The number of nitrogens with one attached hydrogen (secondary N) is 1. The molecule has 0 aliphatic heterocycles. The van der Waals surface area contributed by atoms with Gasteiger partial charge in [-0.25, -0.2) is 4.21 Å². The molecule has 0 aliphatic rings. The van der Waals surface area contributed by atoms with E-state index in [4.69, 9.17) is 0 Å². The third-order valence-corrected chi connectivity index (χ3v) is 2.98. The van der Waals surface area contributed by atoms with Crippen molar-refractivity contribution >= 4 is 15.2 Å². The number of aryl methyl sites for hydroxylation is 1. The van der Waals surface area contributed by atoms with E-state index in [0.717, 1.165) is 17.0 Å². The molecule has 4 nitrogen and oxygen atoms in total. The van der Waals surface area contributed by atoms with E-state index in [1.807, 2.05) is 31.2 Å². The van der Waals surface area contributed by atoms with Crippen molar-refractivity contribution in [2.24, 2.45) is 0 Å². The number of aromatic nitrogens is 2. The van der Waals surface area contributed by atoms with Gasteiger partial charge in [0.25, 0.3) is 0 Å². The Bertz CT molecular complexity index is 644. The monoisotopic (exact) mass is 250 g/mol. The summed E-state index contributed by atoms with van der Waals surface area (Å²) in [6, 6.07) is 9.30. The summed E-state index contributed by atoms with van der Waals surface area (Å²) in [5.41, 5.74) is 3.29. The summed E-state index contributed by atoms with van der Waals surface area (Å²) in [6.45, 7) is 1.91. The molecule has 17 heavy (non-hydrogen) atoms. The average molecular weight is 250 g/mol. The molecule has 1 unspecified atom stereocenters. The van der Waals surface area contributed by atoms with E-state index in [1.165, 1.54) is 11.6 Å². The summed E-state index contributed by atoms with van der Waals surface area (Å²) in [4.78, 5) is 0. The van der Waals surface area contributed by atoms with Crippen molar-refractivity contribution in [1.82, 2.24) is 10.2 Å². The molecule has 1 heterocycles. The van der Waals surface area contributed by atoms with Gasteiger partial charge in [-0.2, -0.15) is 5.10 Å². The standard InChI is InChI=1S/C12H14N2O2S/c1-9-7-12(14-13-9)11-6-4-3-5-10(11)8-17(2,15)16/h3-8H,1-2H3,(H,13,14)(H,15,16). The molecule has 2 rings (SSSR count). The van der Waals surface area contributed by atoms with Gasteiger partial charge in [-0.1, -0.05) is 24.3 Å². The zero-order valence-electron chi connectivity index (χ0n) is 9.68. The molecule has 1 atom stereocenters. The summed E-state index contributed by atoms with van der Waals surface area (Å²) in [5.74, 6) is 0. The van der Waals surface area contributed by atoms with Gasteiger partial charge in [-0.15, -0.1) is 0 Å². The molecule has 0 spiro atoms. The van der Waals surface area contributed by atoms with Crippen LogP contribution in [-0.2, 0) is 9.80 Å². The molecule has 0 saturated heterocycles. The van der Waals surface area contributed by atoms with E-state index in [1.54, 1.807) is 6.07 Å². The zero-order chi connectivity index (χ0) is 12.5. The van der Waals surface area contributed by atoms with Crippen LogP contribution in [0.15, 0.2) is 30.3 Å². The maximum atomic E-state index is 11.4. The molecule has 5 heteroatoms. The van der Waals surface area contributed by atoms with Crippen LogP contribution in [0.4, 0.5) is 0 Å². The maximum Gasteiger partial charge on any atom is 0.0929 e. The summed E-state index contributed by atoms with van der Waals surface area (Å²) in [6.07, 6.45) is 1.29. The van der Waals surface area contributed by atoms with Gasteiger partial charge in [0.2, 0.25) is 0 Å². The van der Waals surface area contributed by atoms with Gasteiger partial charge in [0.15, 0.2) is 0 Å². The Morgan fingerprint density at radius 3 is 2.71 bits per heavy atom. The largest absolute Gasteiger partial charge is 0.314 e. The van der Waals surface area contributed by atoms with E-state index < -0.39 is 9.80 Å².